The molecule has 0 amide bonds. The van der Waals surface area contributed by atoms with Crippen molar-refractivity contribution in [2.24, 2.45) is 0 Å². The second kappa shape index (κ2) is 6.24. The van der Waals surface area contributed by atoms with Crippen LogP contribution in [0, 0.1) is 0 Å². The fraction of sp³-hybridized carbons (Fsp3) is 0.538. The van der Waals surface area contributed by atoms with Crippen molar-refractivity contribution in [1.29, 1.82) is 0 Å². The fourth-order valence-electron chi connectivity index (χ4n) is 1.51. The molecular weight excluding hydrogens is 238 g/mol. The molecule has 1 aromatic rings. The maximum Gasteiger partial charge on any atom is 0.189 e. The Morgan fingerprint density at radius 3 is 2.88 bits per heavy atom. The minimum Gasteiger partial charge on any atom is -0.466 e. The highest BCUT2D eigenvalue weighted by Gasteiger charge is 2.19. The Labute approximate surface area is 107 Å². The third-order valence-electron chi connectivity index (χ3n) is 2.67. The fourth-order valence-corrected chi connectivity index (χ4v) is 1.77. The molecule has 1 aliphatic carbocycles. The van der Waals surface area contributed by atoms with Gasteiger partial charge in [-0.15, -0.1) is 0 Å². The van der Waals surface area contributed by atoms with Crippen LogP contribution in [0.3, 0.4) is 0 Å². The number of nitrogens with one attached hydrogen (secondary N) is 1. The van der Waals surface area contributed by atoms with Crippen molar-refractivity contribution < 1.29 is 9.47 Å². The number of ether oxygens (including phenoxy) is 2. The summed E-state index contributed by atoms with van der Waals surface area (Å²) in [6.07, 6.45) is 2.59. The molecule has 1 N–H and O–H groups in total. The highest BCUT2D eigenvalue weighted by atomic mass is 35.5. The molecule has 0 radical (unpaired) electrons. The molecule has 0 unspecified atom stereocenters. The van der Waals surface area contributed by atoms with Crippen LogP contribution in [-0.4, -0.2) is 19.4 Å². The molecule has 1 aromatic carbocycles. The van der Waals surface area contributed by atoms with E-state index in [4.69, 9.17) is 21.1 Å². The van der Waals surface area contributed by atoms with Crippen molar-refractivity contribution in [1.82, 2.24) is 5.32 Å². The highest BCUT2D eigenvalue weighted by Crippen LogP contribution is 2.26. The number of rotatable bonds is 7. The van der Waals surface area contributed by atoms with Gasteiger partial charge in [-0.1, -0.05) is 17.7 Å². The number of hydrogen-bond donors (Lipinski definition) is 1. The van der Waals surface area contributed by atoms with E-state index in [9.17, 15) is 0 Å². The Hall–Kier alpha value is -0.770. The lowest BCUT2D eigenvalue weighted by molar-refractivity contribution is 0.0224. The SMILES string of the molecule is CCOCOc1ccc(CNC2CC2)cc1Cl. The molecule has 0 aromatic heterocycles. The molecule has 4 heteroatoms. The van der Waals surface area contributed by atoms with E-state index in [2.05, 4.69) is 5.32 Å². The van der Waals surface area contributed by atoms with Crippen molar-refractivity contribution >= 4 is 11.6 Å². The van der Waals surface area contributed by atoms with Gasteiger partial charge >= 0.3 is 0 Å². The Morgan fingerprint density at radius 1 is 1.41 bits per heavy atom. The molecule has 0 saturated heterocycles. The van der Waals surface area contributed by atoms with E-state index in [-0.39, 0.29) is 6.79 Å². The van der Waals surface area contributed by atoms with Gasteiger partial charge in [-0.3, -0.25) is 0 Å². The van der Waals surface area contributed by atoms with E-state index in [1.165, 1.54) is 18.4 Å². The summed E-state index contributed by atoms with van der Waals surface area (Å²) in [6.45, 7) is 3.69. The second-order valence-electron chi connectivity index (χ2n) is 4.17. The summed E-state index contributed by atoms with van der Waals surface area (Å²) < 4.78 is 10.5. The second-order valence-corrected chi connectivity index (χ2v) is 4.58. The summed E-state index contributed by atoms with van der Waals surface area (Å²) in [6, 6.07) is 6.58. The predicted octanol–water partition coefficient (Wildman–Crippen LogP) is 2.96. The zero-order valence-electron chi connectivity index (χ0n) is 10.0. The average molecular weight is 256 g/mol. The van der Waals surface area contributed by atoms with Crippen LogP contribution in [-0.2, 0) is 11.3 Å². The van der Waals surface area contributed by atoms with Crippen molar-refractivity contribution in [2.75, 3.05) is 13.4 Å². The van der Waals surface area contributed by atoms with Gasteiger partial charge in [0.15, 0.2) is 6.79 Å². The molecular formula is C13H18ClNO2. The number of hydrogen-bond acceptors (Lipinski definition) is 3. The lowest BCUT2D eigenvalue weighted by Gasteiger charge is -2.09. The molecule has 0 spiro atoms. The quantitative estimate of drug-likeness (QED) is 0.600. The van der Waals surface area contributed by atoms with Crippen molar-refractivity contribution in [3.8, 4) is 5.75 Å². The van der Waals surface area contributed by atoms with Crippen LogP contribution in [0.5, 0.6) is 5.75 Å². The zero-order chi connectivity index (χ0) is 12.1. The van der Waals surface area contributed by atoms with E-state index in [0.29, 0.717) is 23.4 Å². The maximum absolute atomic E-state index is 6.13. The molecule has 2 rings (SSSR count). The summed E-state index contributed by atoms with van der Waals surface area (Å²) in [5.41, 5.74) is 1.19. The highest BCUT2D eigenvalue weighted by molar-refractivity contribution is 6.32. The van der Waals surface area contributed by atoms with E-state index in [1.807, 2.05) is 25.1 Å². The lowest BCUT2D eigenvalue weighted by Crippen LogP contribution is -2.15. The molecule has 0 heterocycles. The molecule has 1 aliphatic rings. The Balaban J connectivity index is 1.85. The van der Waals surface area contributed by atoms with Crippen molar-refractivity contribution in [3.05, 3.63) is 28.8 Å². The summed E-state index contributed by atoms with van der Waals surface area (Å²) >= 11 is 6.13. The minimum absolute atomic E-state index is 0.246. The van der Waals surface area contributed by atoms with Gasteiger partial charge in [-0.2, -0.15) is 0 Å². The third kappa shape index (κ3) is 4.19. The van der Waals surface area contributed by atoms with Crippen LogP contribution in [0.15, 0.2) is 18.2 Å². The molecule has 3 nitrogen and oxygen atoms in total. The first kappa shape index (κ1) is 12.7. The monoisotopic (exact) mass is 255 g/mol. The van der Waals surface area contributed by atoms with Crippen molar-refractivity contribution in [3.63, 3.8) is 0 Å². The first-order chi connectivity index (χ1) is 8.29. The predicted molar refractivity (Wildman–Crippen MR) is 68.4 cm³/mol. The molecule has 1 fully saturated rings. The van der Waals surface area contributed by atoms with Crippen LogP contribution < -0.4 is 10.1 Å². The lowest BCUT2D eigenvalue weighted by atomic mass is 10.2. The van der Waals surface area contributed by atoms with Crippen molar-refractivity contribution in [2.45, 2.75) is 32.4 Å². The van der Waals surface area contributed by atoms with Gasteiger partial charge in [0.05, 0.1) is 5.02 Å². The largest absolute Gasteiger partial charge is 0.466 e. The Morgan fingerprint density at radius 2 is 2.24 bits per heavy atom. The smallest absolute Gasteiger partial charge is 0.189 e. The number of halogens is 1. The van der Waals surface area contributed by atoms with Crippen LogP contribution in [0.1, 0.15) is 25.3 Å². The standard InChI is InChI=1S/C13H18ClNO2/c1-2-16-9-17-13-6-3-10(7-12(13)14)8-15-11-4-5-11/h3,6-7,11,15H,2,4-5,8-9H2,1H3. The summed E-state index contributed by atoms with van der Waals surface area (Å²) in [7, 11) is 0. The maximum atomic E-state index is 6.13. The van der Waals surface area contributed by atoms with E-state index < -0.39 is 0 Å². The van der Waals surface area contributed by atoms with Crippen LogP contribution >= 0.6 is 11.6 Å². The van der Waals surface area contributed by atoms with Crippen LogP contribution in [0.2, 0.25) is 5.02 Å². The number of benzene rings is 1. The van der Waals surface area contributed by atoms with Gasteiger partial charge in [0.2, 0.25) is 0 Å². The molecule has 17 heavy (non-hydrogen) atoms. The molecule has 1 saturated carbocycles. The van der Waals surface area contributed by atoms with Gasteiger partial charge in [0.25, 0.3) is 0 Å². The first-order valence-electron chi connectivity index (χ1n) is 6.02. The van der Waals surface area contributed by atoms with E-state index >= 15 is 0 Å². The van der Waals surface area contributed by atoms with Gasteiger partial charge in [0, 0.05) is 19.2 Å². The molecule has 0 bridgehead atoms. The van der Waals surface area contributed by atoms with E-state index in [0.717, 1.165) is 6.54 Å². The topological polar surface area (TPSA) is 30.5 Å². The van der Waals surface area contributed by atoms with Gasteiger partial charge in [-0.25, -0.2) is 0 Å². The van der Waals surface area contributed by atoms with Crippen LogP contribution in [0.4, 0.5) is 0 Å². The molecule has 94 valence electrons. The van der Waals surface area contributed by atoms with Gasteiger partial charge in [-0.05, 0) is 37.5 Å². The normalized spacial score (nSPS) is 14.9. The molecule has 0 atom stereocenters. The summed E-state index contributed by atoms with van der Waals surface area (Å²) in [4.78, 5) is 0. The van der Waals surface area contributed by atoms with Gasteiger partial charge < -0.3 is 14.8 Å². The van der Waals surface area contributed by atoms with E-state index in [1.54, 1.807) is 0 Å². The first-order valence-corrected chi connectivity index (χ1v) is 6.39. The minimum atomic E-state index is 0.246. The summed E-state index contributed by atoms with van der Waals surface area (Å²) in [5, 5.41) is 4.09. The average Bonchev–Trinajstić information content (AvgIpc) is 3.13. The zero-order valence-corrected chi connectivity index (χ0v) is 10.8. The Kier molecular flexibility index (Phi) is 4.66. The molecule has 0 aliphatic heterocycles. The third-order valence-corrected chi connectivity index (χ3v) is 2.97. The van der Waals surface area contributed by atoms with Crippen LogP contribution in [0.25, 0.3) is 0 Å². The Bertz CT molecular complexity index is 366. The summed E-state index contributed by atoms with van der Waals surface area (Å²) in [5.74, 6) is 0.676. The van der Waals surface area contributed by atoms with Gasteiger partial charge in [0.1, 0.15) is 5.75 Å².